The number of hydrazine groups is 1. The third-order valence-electron chi connectivity index (χ3n) is 4.31. The van der Waals surface area contributed by atoms with E-state index in [2.05, 4.69) is 5.43 Å². The molecule has 1 saturated carbocycles. The number of rotatable bonds is 5. The first-order valence-electron chi connectivity index (χ1n) is 7.54. The third kappa shape index (κ3) is 4.11. The summed E-state index contributed by atoms with van der Waals surface area (Å²) in [6, 6.07) is 5.83. The summed E-state index contributed by atoms with van der Waals surface area (Å²) in [7, 11) is 1.69. The molecule has 0 aromatic heterocycles. The van der Waals surface area contributed by atoms with Crippen molar-refractivity contribution in [2.24, 2.45) is 11.8 Å². The minimum atomic E-state index is 0.103. The van der Waals surface area contributed by atoms with Crippen molar-refractivity contribution in [1.82, 2.24) is 5.43 Å². The van der Waals surface area contributed by atoms with Crippen LogP contribution in [0.4, 0.5) is 0 Å². The Morgan fingerprint density at radius 2 is 2.00 bits per heavy atom. The SMILES string of the molecule is COc1ccc(Cl)cc1C(CC1CCCCCC1)NN. The first kappa shape index (κ1) is 15.6. The fraction of sp³-hybridized carbons (Fsp3) is 0.625. The second-order valence-electron chi connectivity index (χ2n) is 5.70. The molecule has 1 atom stereocenters. The molecule has 1 aliphatic carbocycles. The van der Waals surface area contributed by atoms with E-state index in [-0.39, 0.29) is 6.04 Å². The van der Waals surface area contributed by atoms with Crippen LogP contribution in [0.1, 0.15) is 56.6 Å². The lowest BCUT2D eigenvalue weighted by molar-refractivity contribution is 0.345. The first-order chi connectivity index (χ1) is 9.74. The summed E-state index contributed by atoms with van der Waals surface area (Å²) in [6.45, 7) is 0. The molecule has 1 fully saturated rings. The van der Waals surface area contributed by atoms with Crippen LogP contribution in [0.25, 0.3) is 0 Å². The Balaban J connectivity index is 2.12. The fourth-order valence-electron chi connectivity index (χ4n) is 3.20. The second-order valence-corrected chi connectivity index (χ2v) is 6.14. The summed E-state index contributed by atoms with van der Waals surface area (Å²) < 4.78 is 5.44. The van der Waals surface area contributed by atoms with Crippen molar-refractivity contribution in [1.29, 1.82) is 0 Å². The third-order valence-corrected chi connectivity index (χ3v) is 4.55. The van der Waals surface area contributed by atoms with Gasteiger partial charge in [-0.05, 0) is 30.5 Å². The number of benzene rings is 1. The molecule has 0 heterocycles. The van der Waals surface area contributed by atoms with Gasteiger partial charge in [-0.3, -0.25) is 11.3 Å². The summed E-state index contributed by atoms with van der Waals surface area (Å²) in [5, 5.41) is 0.724. The zero-order chi connectivity index (χ0) is 14.4. The van der Waals surface area contributed by atoms with Crippen molar-refractivity contribution in [3.63, 3.8) is 0 Å². The lowest BCUT2D eigenvalue weighted by Gasteiger charge is -2.24. The predicted molar refractivity (Wildman–Crippen MR) is 83.9 cm³/mol. The highest BCUT2D eigenvalue weighted by Crippen LogP contribution is 2.35. The molecule has 112 valence electrons. The van der Waals surface area contributed by atoms with Gasteiger partial charge in [0.05, 0.1) is 7.11 Å². The number of nitrogens with one attached hydrogen (secondary N) is 1. The van der Waals surface area contributed by atoms with E-state index < -0.39 is 0 Å². The number of hydrogen-bond acceptors (Lipinski definition) is 3. The normalized spacial score (nSPS) is 18.6. The van der Waals surface area contributed by atoms with Gasteiger partial charge in [-0.25, -0.2) is 0 Å². The highest BCUT2D eigenvalue weighted by molar-refractivity contribution is 6.30. The largest absolute Gasteiger partial charge is 0.496 e. The Labute approximate surface area is 126 Å². The van der Waals surface area contributed by atoms with Gasteiger partial charge in [-0.15, -0.1) is 0 Å². The van der Waals surface area contributed by atoms with E-state index in [9.17, 15) is 0 Å². The topological polar surface area (TPSA) is 47.3 Å². The maximum absolute atomic E-state index is 6.12. The Hall–Kier alpha value is -0.770. The minimum Gasteiger partial charge on any atom is -0.496 e. The maximum atomic E-state index is 6.12. The molecular weight excluding hydrogens is 272 g/mol. The molecule has 3 nitrogen and oxygen atoms in total. The molecule has 0 spiro atoms. The van der Waals surface area contributed by atoms with Crippen molar-refractivity contribution in [3.8, 4) is 5.75 Å². The van der Waals surface area contributed by atoms with E-state index in [0.29, 0.717) is 0 Å². The minimum absolute atomic E-state index is 0.103. The average molecular weight is 297 g/mol. The number of halogens is 1. The Morgan fingerprint density at radius 3 is 2.60 bits per heavy atom. The Bertz CT molecular complexity index is 417. The van der Waals surface area contributed by atoms with Gasteiger partial charge in [0.1, 0.15) is 5.75 Å². The van der Waals surface area contributed by atoms with Crippen molar-refractivity contribution in [2.75, 3.05) is 7.11 Å². The molecule has 0 aliphatic heterocycles. The van der Waals surface area contributed by atoms with E-state index in [1.165, 1.54) is 38.5 Å². The molecule has 1 aliphatic rings. The van der Waals surface area contributed by atoms with Gasteiger partial charge < -0.3 is 4.74 Å². The van der Waals surface area contributed by atoms with Gasteiger partial charge in [0.2, 0.25) is 0 Å². The fourth-order valence-corrected chi connectivity index (χ4v) is 3.38. The summed E-state index contributed by atoms with van der Waals surface area (Å²) in [6.07, 6.45) is 9.09. The van der Waals surface area contributed by atoms with Crippen LogP contribution in [0.3, 0.4) is 0 Å². The first-order valence-corrected chi connectivity index (χ1v) is 7.92. The molecule has 4 heteroatoms. The molecule has 2 rings (SSSR count). The van der Waals surface area contributed by atoms with E-state index in [0.717, 1.165) is 28.7 Å². The van der Waals surface area contributed by atoms with Crippen LogP contribution in [-0.4, -0.2) is 7.11 Å². The summed E-state index contributed by atoms with van der Waals surface area (Å²) in [4.78, 5) is 0. The monoisotopic (exact) mass is 296 g/mol. The Morgan fingerprint density at radius 1 is 1.30 bits per heavy atom. The van der Waals surface area contributed by atoms with Gasteiger partial charge >= 0.3 is 0 Å². The van der Waals surface area contributed by atoms with E-state index in [1.807, 2.05) is 18.2 Å². The van der Waals surface area contributed by atoms with Crippen LogP contribution in [0, 0.1) is 5.92 Å². The van der Waals surface area contributed by atoms with Crippen molar-refractivity contribution in [3.05, 3.63) is 28.8 Å². The highest BCUT2D eigenvalue weighted by atomic mass is 35.5. The molecule has 0 saturated heterocycles. The van der Waals surface area contributed by atoms with Gasteiger partial charge in [0.25, 0.3) is 0 Å². The van der Waals surface area contributed by atoms with Crippen LogP contribution in [0.5, 0.6) is 5.75 Å². The van der Waals surface area contributed by atoms with Crippen LogP contribution >= 0.6 is 11.6 Å². The second kappa shape index (κ2) is 7.87. The quantitative estimate of drug-likeness (QED) is 0.486. The zero-order valence-corrected chi connectivity index (χ0v) is 13.0. The van der Waals surface area contributed by atoms with Crippen LogP contribution in [0.15, 0.2) is 18.2 Å². The number of ether oxygens (including phenoxy) is 1. The van der Waals surface area contributed by atoms with Crippen molar-refractivity contribution < 1.29 is 4.74 Å². The molecule has 3 N–H and O–H groups in total. The molecular formula is C16H25ClN2O. The van der Waals surface area contributed by atoms with E-state index in [1.54, 1.807) is 7.11 Å². The maximum Gasteiger partial charge on any atom is 0.123 e. The molecule has 0 amide bonds. The van der Waals surface area contributed by atoms with Crippen molar-refractivity contribution >= 4 is 11.6 Å². The van der Waals surface area contributed by atoms with Gasteiger partial charge in [-0.1, -0.05) is 50.1 Å². The van der Waals surface area contributed by atoms with Crippen molar-refractivity contribution in [2.45, 2.75) is 51.0 Å². The number of nitrogens with two attached hydrogens (primary N) is 1. The summed E-state index contributed by atoms with van der Waals surface area (Å²) >= 11 is 6.12. The zero-order valence-electron chi connectivity index (χ0n) is 12.2. The lowest BCUT2D eigenvalue weighted by Crippen LogP contribution is -2.30. The number of methoxy groups -OCH3 is 1. The molecule has 1 aromatic carbocycles. The predicted octanol–water partition coefficient (Wildman–Crippen LogP) is 4.21. The number of hydrogen-bond donors (Lipinski definition) is 2. The van der Waals surface area contributed by atoms with Crippen LogP contribution in [0.2, 0.25) is 5.02 Å². The molecule has 20 heavy (non-hydrogen) atoms. The highest BCUT2D eigenvalue weighted by Gasteiger charge is 2.21. The van der Waals surface area contributed by atoms with E-state index >= 15 is 0 Å². The molecule has 0 radical (unpaired) electrons. The summed E-state index contributed by atoms with van der Waals surface area (Å²) in [5.41, 5.74) is 4.01. The van der Waals surface area contributed by atoms with Gasteiger partial charge in [0.15, 0.2) is 0 Å². The lowest BCUT2D eigenvalue weighted by atomic mass is 9.89. The Kier molecular flexibility index (Phi) is 6.14. The van der Waals surface area contributed by atoms with E-state index in [4.69, 9.17) is 22.2 Å². The molecule has 1 unspecified atom stereocenters. The molecule has 1 aromatic rings. The smallest absolute Gasteiger partial charge is 0.123 e. The molecule has 0 bridgehead atoms. The average Bonchev–Trinajstić information content (AvgIpc) is 2.73. The van der Waals surface area contributed by atoms with Gasteiger partial charge in [0, 0.05) is 16.6 Å². The van der Waals surface area contributed by atoms with Crippen LogP contribution in [-0.2, 0) is 0 Å². The summed E-state index contributed by atoms with van der Waals surface area (Å²) in [5.74, 6) is 7.38. The van der Waals surface area contributed by atoms with Crippen LogP contribution < -0.4 is 16.0 Å². The standard InChI is InChI=1S/C16H25ClN2O/c1-20-16-9-8-13(17)11-14(16)15(19-18)10-12-6-4-2-3-5-7-12/h8-9,11-12,15,19H,2-7,10,18H2,1H3. The van der Waals surface area contributed by atoms with Gasteiger partial charge in [-0.2, -0.15) is 0 Å².